The molecule has 98 valence electrons. The summed E-state index contributed by atoms with van der Waals surface area (Å²) in [6, 6.07) is 8.97. The predicted octanol–water partition coefficient (Wildman–Crippen LogP) is 4.38. The van der Waals surface area contributed by atoms with E-state index in [-0.39, 0.29) is 5.41 Å². The lowest BCUT2D eigenvalue weighted by Crippen LogP contribution is -2.20. The minimum Gasteiger partial charge on any atom is -0.309 e. The number of halogens is 1. The number of benzene rings is 1. The zero-order chi connectivity index (χ0) is 13.6. The molecule has 0 radical (unpaired) electrons. The average molecular weight is 355 g/mol. The summed E-state index contributed by atoms with van der Waals surface area (Å²) in [5.41, 5.74) is 1.41. The second-order valence-corrected chi connectivity index (χ2v) is 6.67. The van der Waals surface area contributed by atoms with E-state index in [0.717, 1.165) is 13.0 Å². The van der Waals surface area contributed by atoms with Gasteiger partial charge in [-0.05, 0) is 67.6 Å². The molecule has 0 aliphatic heterocycles. The molecule has 0 bridgehead atoms. The maximum absolute atomic E-state index is 3.51. The molecule has 0 heterocycles. The number of hydrogen-bond acceptors (Lipinski definition) is 1. The van der Waals surface area contributed by atoms with Gasteiger partial charge in [0.1, 0.15) is 0 Å². The number of nitrogens with one attached hydrogen (secondary N) is 1. The molecule has 1 unspecified atom stereocenters. The van der Waals surface area contributed by atoms with Gasteiger partial charge in [0.05, 0.1) is 0 Å². The van der Waals surface area contributed by atoms with Crippen molar-refractivity contribution >= 4 is 22.6 Å². The van der Waals surface area contributed by atoms with Crippen molar-refractivity contribution in [2.24, 2.45) is 5.41 Å². The van der Waals surface area contributed by atoms with E-state index in [4.69, 9.17) is 0 Å². The van der Waals surface area contributed by atoms with Gasteiger partial charge in [0, 0.05) is 21.4 Å². The molecule has 0 fully saturated rings. The van der Waals surface area contributed by atoms with Gasteiger partial charge in [-0.2, -0.15) is 0 Å². The predicted molar refractivity (Wildman–Crippen MR) is 87.4 cm³/mol. The van der Waals surface area contributed by atoms with Crippen LogP contribution in [0, 0.1) is 20.8 Å². The molecule has 0 spiro atoms. The normalized spacial score (nSPS) is 12.7. The minimum atomic E-state index is 0.0852. The zero-order valence-corrected chi connectivity index (χ0v) is 13.8. The van der Waals surface area contributed by atoms with E-state index in [0.29, 0.717) is 6.04 Å². The average Bonchev–Trinajstić information content (AvgIpc) is 2.26. The van der Waals surface area contributed by atoms with Gasteiger partial charge in [0.25, 0.3) is 0 Å². The Balaban J connectivity index is 2.79. The van der Waals surface area contributed by atoms with Gasteiger partial charge < -0.3 is 5.32 Å². The van der Waals surface area contributed by atoms with E-state index in [1.165, 1.54) is 9.13 Å². The lowest BCUT2D eigenvalue weighted by Gasteiger charge is -2.16. The summed E-state index contributed by atoms with van der Waals surface area (Å²) >= 11 is 2.35. The van der Waals surface area contributed by atoms with Crippen LogP contribution in [0.5, 0.6) is 0 Å². The maximum Gasteiger partial charge on any atom is 0.0431 e. The third-order valence-electron chi connectivity index (χ3n) is 2.47. The largest absolute Gasteiger partial charge is 0.309 e. The lowest BCUT2D eigenvalue weighted by atomic mass is 9.96. The molecule has 2 heteroatoms. The second kappa shape index (κ2) is 7.16. The third-order valence-corrected chi connectivity index (χ3v) is 3.14. The fraction of sp³-hybridized carbons (Fsp3) is 0.500. The molecule has 1 aromatic carbocycles. The molecule has 1 nitrogen and oxygen atoms in total. The van der Waals surface area contributed by atoms with E-state index in [1.807, 2.05) is 0 Å². The summed E-state index contributed by atoms with van der Waals surface area (Å²) < 4.78 is 1.27. The van der Waals surface area contributed by atoms with E-state index in [2.05, 4.69) is 91.7 Å². The van der Waals surface area contributed by atoms with Crippen LogP contribution >= 0.6 is 22.6 Å². The molecule has 0 aromatic heterocycles. The van der Waals surface area contributed by atoms with E-state index in [1.54, 1.807) is 0 Å². The van der Waals surface area contributed by atoms with Crippen molar-refractivity contribution in [1.29, 1.82) is 0 Å². The van der Waals surface area contributed by atoms with Gasteiger partial charge in [-0.15, -0.1) is 5.92 Å². The van der Waals surface area contributed by atoms with Crippen LogP contribution in [0.15, 0.2) is 24.3 Å². The SMILES string of the molecule is CCNC(CC#CC(C)(C)C)c1cccc(I)c1. The van der Waals surface area contributed by atoms with Gasteiger partial charge in [0.2, 0.25) is 0 Å². The van der Waals surface area contributed by atoms with Crippen LogP contribution in [0.2, 0.25) is 0 Å². The maximum atomic E-state index is 3.51. The van der Waals surface area contributed by atoms with Crippen molar-refractivity contribution < 1.29 is 0 Å². The van der Waals surface area contributed by atoms with Crippen molar-refractivity contribution in [3.05, 3.63) is 33.4 Å². The Morgan fingerprint density at radius 3 is 2.61 bits per heavy atom. The molecule has 18 heavy (non-hydrogen) atoms. The molecule has 0 saturated carbocycles. The fourth-order valence-corrected chi connectivity index (χ4v) is 2.26. The Morgan fingerprint density at radius 2 is 2.06 bits per heavy atom. The molecule has 0 amide bonds. The molecule has 1 N–H and O–H groups in total. The first-order valence-corrected chi connectivity index (χ1v) is 7.49. The summed E-state index contributed by atoms with van der Waals surface area (Å²) in [7, 11) is 0. The zero-order valence-electron chi connectivity index (χ0n) is 11.7. The highest BCUT2D eigenvalue weighted by molar-refractivity contribution is 14.1. The van der Waals surface area contributed by atoms with Crippen molar-refractivity contribution in [2.75, 3.05) is 6.54 Å². The third kappa shape index (κ3) is 5.88. The van der Waals surface area contributed by atoms with Crippen molar-refractivity contribution in [3.63, 3.8) is 0 Å². The molecule has 1 aromatic rings. The van der Waals surface area contributed by atoms with Gasteiger partial charge in [-0.3, -0.25) is 0 Å². The van der Waals surface area contributed by atoms with Crippen LogP contribution < -0.4 is 5.32 Å². The van der Waals surface area contributed by atoms with Crippen LogP contribution in [0.25, 0.3) is 0 Å². The van der Waals surface area contributed by atoms with Gasteiger partial charge >= 0.3 is 0 Å². The highest BCUT2D eigenvalue weighted by Gasteiger charge is 2.09. The van der Waals surface area contributed by atoms with Crippen LogP contribution in [-0.2, 0) is 0 Å². The quantitative estimate of drug-likeness (QED) is 0.624. The van der Waals surface area contributed by atoms with Crippen molar-refractivity contribution in [3.8, 4) is 11.8 Å². The van der Waals surface area contributed by atoms with E-state index in [9.17, 15) is 0 Å². The Kier molecular flexibility index (Phi) is 6.17. The van der Waals surface area contributed by atoms with Gasteiger partial charge in [-0.25, -0.2) is 0 Å². The molecule has 0 aliphatic carbocycles. The van der Waals surface area contributed by atoms with Crippen LogP contribution in [0.3, 0.4) is 0 Å². The van der Waals surface area contributed by atoms with Gasteiger partial charge in [0.15, 0.2) is 0 Å². The molecule has 0 saturated heterocycles. The summed E-state index contributed by atoms with van der Waals surface area (Å²) in [5, 5.41) is 3.51. The fourth-order valence-electron chi connectivity index (χ4n) is 1.70. The Bertz CT molecular complexity index is 434. The lowest BCUT2D eigenvalue weighted by molar-refractivity contribution is 0.554. The minimum absolute atomic E-state index is 0.0852. The molecule has 0 aliphatic rings. The monoisotopic (exact) mass is 355 g/mol. The van der Waals surface area contributed by atoms with Crippen LogP contribution in [0.4, 0.5) is 0 Å². The van der Waals surface area contributed by atoms with E-state index >= 15 is 0 Å². The molecule has 1 atom stereocenters. The van der Waals surface area contributed by atoms with Crippen molar-refractivity contribution in [1.82, 2.24) is 5.32 Å². The topological polar surface area (TPSA) is 12.0 Å². The van der Waals surface area contributed by atoms with Gasteiger partial charge in [-0.1, -0.05) is 25.0 Å². The van der Waals surface area contributed by atoms with Crippen LogP contribution in [0.1, 0.15) is 45.7 Å². The first kappa shape index (κ1) is 15.5. The Morgan fingerprint density at radius 1 is 1.33 bits per heavy atom. The second-order valence-electron chi connectivity index (χ2n) is 5.42. The highest BCUT2D eigenvalue weighted by Crippen LogP contribution is 2.19. The molecule has 1 rings (SSSR count). The molecular weight excluding hydrogens is 333 g/mol. The summed E-state index contributed by atoms with van der Waals surface area (Å²) in [6.45, 7) is 9.54. The summed E-state index contributed by atoms with van der Waals surface area (Å²) in [5.74, 6) is 6.62. The first-order valence-electron chi connectivity index (χ1n) is 6.41. The van der Waals surface area contributed by atoms with E-state index < -0.39 is 0 Å². The Labute approximate surface area is 125 Å². The summed E-state index contributed by atoms with van der Waals surface area (Å²) in [4.78, 5) is 0. The highest BCUT2D eigenvalue weighted by atomic mass is 127. The van der Waals surface area contributed by atoms with Crippen LogP contribution in [-0.4, -0.2) is 6.54 Å². The Hall–Kier alpha value is -0.530. The standard InChI is InChI=1S/C16H22IN/c1-5-18-15(10-7-11-16(2,3)4)13-8-6-9-14(17)12-13/h6,8-9,12,15,18H,5,10H2,1-4H3. The smallest absolute Gasteiger partial charge is 0.0431 e. The van der Waals surface area contributed by atoms with Crippen molar-refractivity contribution in [2.45, 2.75) is 40.2 Å². The first-order chi connectivity index (χ1) is 8.42. The molecular formula is C16H22IN. The summed E-state index contributed by atoms with van der Waals surface area (Å²) in [6.07, 6.45) is 0.866. The number of rotatable bonds is 4. The number of hydrogen-bond donors (Lipinski definition) is 1.